The maximum atomic E-state index is 12.9. The van der Waals surface area contributed by atoms with Gasteiger partial charge in [0.1, 0.15) is 5.70 Å². The third-order valence-electron chi connectivity index (χ3n) is 4.22. The Hall–Kier alpha value is -2.80. The van der Waals surface area contributed by atoms with E-state index in [0.29, 0.717) is 16.3 Å². The molecule has 0 amide bonds. The third kappa shape index (κ3) is 4.98. The van der Waals surface area contributed by atoms with Gasteiger partial charge in [-0.3, -0.25) is 0 Å². The van der Waals surface area contributed by atoms with Crippen LogP contribution in [0.25, 0.3) is 0 Å². The number of carbonyl (C=O) groups is 3. The molecule has 29 heavy (non-hydrogen) atoms. The molecular formula is C21H24ClNO6. The van der Waals surface area contributed by atoms with Crippen LogP contribution in [0.2, 0.25) is 5.02 Å². The lowest BCUT2D eigenvalue weighted by Gasteiger charge is -2.30. The molecule has 0 saturated heterocycles. The van der Waals surface area contributed by atoms with Crippen molar-refractivity contribution < 1.29 is 28.6 Å². The Balaban J connectivity index is 2.77. The Labute approximate surface area is 174 Å². The first-order valence-electron chi connectivity index (χ1n) is 9.34. The molecule has 2 rings (SSSR count). The van der Waals surface area contributed by atoms with Crippen molar-refractivity contribution in [1.29, 1.82) is 0 Å². The monoisotopic (exact) mass is 421 g/mol. The Morgan fingerprint density at radius 3 is 2.03 bits per heavy atom. The second-order valence-electron chi connectivity index (χ2n) is 6.10. The molecule has 1 unspecified atom stereocenters. The molecule has 0 spiro atoms. The quantitative estimate of drug-likeness (QED) is 0.533. The Morgan fingerprint density at radius 2 is 1.48 bits per heavy atom. The van der Waals surface area contributed by atoms with Gasteiger partial charge >= 0.3 is 17.9 Å². The van der Waals surface area contributed by atoms with Gasteiger partial charge in [0.2, 0.25) is 0 Å². The van der Waals surface area contributed by atoms with Crippen LogP contribution in [-0.4, -0.2) is 37.7 Å². The average Bonchev–Trinajstić information content (AvgIpc) is 2.67. The SMILES string of the molecule is CCOC(=O)C1=C(C(=O)OCC)C(c2cccc(Cl)c2)C(C(=O)OCC)=C(C)N1. The highest BCUT2D eigenvalue weighted by Gasteiger charge is 2.41. The summed E-state index contributed by atoms with van der Waals surface area (Å²) in [5.41, 5.74) is 1.03. The summed E-state index contributed by atoms with van der Waals surface area (Å²) in [6, 6.07) is 6.72. The Kier molecular flexibility index (Phi) is 7.84. The minimum absolute atomic E-state index is 0.0266. The van der Waals surface area contributed by atoms with Crippen molar-refractivity contribution in [2.24, 2.45) is 0 Å². The fourth-order valence-corrected chi connectivity index (χ4v) is 3.32. The number of nitrogens with one attached hydrogen (secondary N) is 1. The van der Waals surface area contributed by atoms with Crippen LogP contribution < -0.4 is 5.32 Å². The molecule has 1 aromatic carbocycles. The molecule has 0 fully saturated rings. The van der Waals surface area contributed by atoms with E-state index in [9.17, 15) is 14.4 Å². The van der Waals surface area contributed by atoms with Gasteiger partial charge in [0.15, 0.2) is 0 Å². The van der Waals surface area contributed by atoms with E-state index in [2.05, 4.69) is 5.32 Å². The van der Waals surface area contributed by atoms with Crippen molar-refractivity contribution in [3.8, 4) is 0 Å². The predicted octanol–water partition coefficient (Wildman–Crippen LogP) is 3.24. The standard InChI is InChI=1S/C21H24ClNO6/c1-5-27-19(24)15-12(4)23-18(21(26)29-7-3)17(20(25)28-6-2)16(15)13-9-8-10-14(22)11-13/h8-11,16,23H,5-7H2,1-4H3. The zero-order valence-electron chi connectivity index (χ0n) is 16.8. The molecule has 1 N–H and O–H groups in total. The second-order valence-corrected chi connectivity index (χ2v) is 6.54. The molecule has 1 heterocycles. The van der Waals surface area contributed by atoms with Crippen molar-refractivity contribution in [1.82, 2.24) is 5.32 Å². The van der Waals surface area contributed by atoms with Gasteiger partial charge in [-0.05, 0) is 45.4 Å². The predicted molar refractivity (Wildman–Crippen MR) is 107 cm³/mol. The Morgan fingerprint density at radius 1 is 0.931 bits per heavy atom. The zero-order chi connectivity index (χ0) is 21.6. The van der Waals surface area contributed by atoms with Crippen molar-refractivity contribution in [3.05, 3.63) is 57.4 Å². The van der Waals surface area contributed by atoms with E-state index >= 15 is 0 Å². The molecule has 1 atom stereocenters. The fraction of sp³-hybridized carbons (Fsp3) is 0.381. The number of hydrogen-bond acceptors (Lipinski definition) is 7. The van der Waals surface area contributed by atoms with Crippen molar-refractivity contribution in [2.75, 3.05) is 19.8 Å². The van der Waals surface area contributed by atoms with E-state index in [1.165, 1.54) is 0 Å². The normalized spacial score (nSPS) is 16.2. The number of ether oxygens (including phenoxy) is 3. The first-order valence-corrected chi connectivity index (χ1v) is 9.72. The highest BCUT2D eigenvalue weighted by atomic mass is 35.5. The summed E-state index contributed by atoms with van der Waals surface area (Å²) < 4.78 is 15.5. The van der Waals surface area contributed by atoms with E-state index < -0.39 is 23.8 Å². The van der Waals surface area contributed by atoms with Gasteiger partial charge in [-0.2, -0.15) is 0 Å². The summed E-state index contributed by atoms with van der Waals surface area (Å²) in [6.45, 7) is 7.00. The number of rotatable bonds is 7. The van der Waals surface area contributed by atoms with Crippen LogP contribution >= 0.6 is 11.6 Å². The van der Waals surface area contributed by atoms with E-state index in [1.807, 2.05) is 0 Å². The lowest BCUT2D eigenvalue weighted by molar-refractivity contribution is -0.143. The molecule has 1 aliphatic heterocycles. The maximum Gasteiger partial charge on any atom is 0.355 e. The number of dihydropyridines is 1. The minimum Gasteiger partial charge on any atom is -0.463 e. The summed E-state index contributed by atoms with van der Waals surface area (Å²) >= 11 is 6.15. The lowest BCUT2D eigenvalue weighted by Crippen LogP contribution is -2.36. The van der Waals surface area contributed by atoms with E-state index in [4.69, 9.17) is 25.8 Å². The zero-order valence-corrected chi connectivity index (χ0v) is 17.6. The van der Waals surface area contributed by atoms with Crippen molar-refractivity contribution in [2.45, 2.75) is 33.6 Å². The van der Waals surface area contributed by atoms with Gasteiger partial charge in [0, 0.05) is 10.7 Å². The highest BCUT2D eigenvalue weighted by molar-refractivity contribution is 6.30. The van der Waals surface area contributed by atoms with Gasteiger partial charge in [0.25, 0.3) is 0 Å². The van der Waals surface area contributed by atoms with E-state index in [1.54, 1.807) is 52.0 Å². The molecule has 0 saturated carbocycles. The van der Waals surface area contributed by atoms with Gasteiger partial charge in [-0.25, -0.2) is 14.4 Å². The number of esters is 3. The Bertz CT molecular complexity index is 874. The smallest absolute Gasteiger partial charge is 0.355 e. The van der Waals surface area contributed by atoms with Crippen LogP contribution in [0, 0.1) is 0 Å². The molecule has 1 aliphatic rings. The molecule has 0 aliphatic carbocycles. The van der Waals surface area contributed by atoms with E-state index in [-0.39, 0.29) is 36.7 Å². The molecule has 8 heteroatoms. The summed E-state index contributed by atoms with van der Waals surface area (Å²) in [5.74, 6) is -2.97. The molecule has 0 bridgehead atoms. The summed E-state index contributed by atoms with van der Waals surface area (Å²) in [7, 11) is 0. The number of allylic oxidation sites excluding steroid dienone is 1. The molecule has 0 radical (unpaired) electrons. The number of carbonyl (C=O) groups excluding carboxylic acids is 3. The third-order valence-corrected chi connectivity index (χ3v) is 4.45. The lowest BCUT2D eigenvalue weighted by atomic mass is 9.80. The van der Waals surface area contributed by atoms with Gasteiger partial charge in [-0.15, -0.1) is 0 Å². The van der Waals surface area contributed by atoms with Gasteiger partial charge < -0.3 is 19.5 Å². The van der Waals surface area contributed by atoms with Crippen LogP contribution in [-0.2, 0) is 28.6 Å². The van der Waals surface area contributed by atoms with E-state index in [0.717, 1.165) is 0 Å². The van der Waals surface area contributed by atoms with Crippen LogP contribution in [0.15, 0.2) is 46.8 Å². The number of hydrogen-bond donors (Lipinski definition) is 1. The second kappa shape index (κ2) is 10.1. The highest BCUT2D eigenvalue weighted by Crippen LogP contribution is 2.40. The van der Waals surface area contributed by atoms with Crippen LogP contribution in [0.4, 0.5) is 0 Å². The topological polar surface area (TPSA) is 90.9 Å². The van der Waals surface area contributed by atoms with Crippen molar-refractivity contribution >= 4 is 29.5 Å². The van der Waals surface area contributed by atoms with Gasteiger partial charge in [-0.1, -0.05) is 23.7 Å². The maximum absolute atomic E-state index is 12.9. The summed E-state index contributed by atoms with van der Waals surface area (Å²) in [6.07, 6.45) is 0. The number of halogens is 1. The van der Waals surface area contributed by atoms with Gasteiger partial charge in [0.05, 0.1) is 36.9 Å². The average molecular weight is 422 g/mol. The van der Waals surface area contributed by atoms with Crippen LogP contribution in [0.1, 0.15) is 39.2 Å². The molecule has 7 nitrogen and oxygen atoms in total. The van der Waals surface area contributed by atoms with Crippen molar-refractivity contribution in [3.63, 3.8) is 0 Å². The number of benzene rings is 1. The first-order chi connectivity index (χ1) is 13.8. The minimum atomic E-state index is -0.910. The van der Waals surface area contributed by atoms with Crippen LogP contribution in [0.5, 0.6) is 0 Å². The first kappa shape index (κ1) is 22.5. The fourth-order valence-electron chi connectivity index (χ4n) is 3.12. The van der Waals surface area contributed by atoms with Crippen LogP contribution in [0.3, 0.4) is 0 Å². The summed E-state index contributed by atoms with van der Waals surface area (Å²) in [5, 5.41) is 3.26. The molecule has 1 aromatic rings. The molecular weight excluding hydrogens is 398 g/mol. The molecule has 0 aromatic heterocycles. The summed E-state index contributed by atoms with van der Waals surface area (Å²) in [4.78, 5) is 38.2. The molecule has 156 valence electrons. The largest absolute Gasteiger partial charge is 0.463 e.